The summed E-state index contributed by atoms with van der Waals surface area (Å²) in [5.41, 5.74) is 6.30. The average molecular weight is 500 g/mol. The molecule has 2 heterocycles. The number of carbonyl (C=O) groups excluding carboxylic acids is 2. The fourth-order valence-electron chi connectivity index (χ4n) is 3.79. The molecule has 0 bridgehead atoms. The number of alkyl halides is 2. The van der Waals surface area contributed by atoms with E-state index in [-0.39, 0.29) is 35.8 Å². The monoisotopic (exact) mass is 499 g/mol. The molecule has 2 fully saturated rings. The zero-order chi connectivity index (χ0) is 25.2. The number of amides is 3. The van der Waals surface area contributed by atoms with E-state index in [4.69, 9.17) is 10.5 Å². The number of primary amides is 1. The van der Waals surface area contributed by atoms with E-state index in [0.29, 0.717) is 23.3 Å². The Morgan fingerprint density at radius 2 is 1.91 bits per heavy atom. The fourth-order valence-corrected chi connectivity index (χ4v) is 5.08. The first-order chi connectivity index (χ1) is 15.7. The van der Waals surface area contributed by atoms with Crippen LogP contribution in [0.4, 0.5) is 18.4 Å². The van der Waals surface area contributed by atoms with E-state index in [0.717, 1.165) is 20.9 Å². The predicted octanol–water partition coefficient (Wildman–Crippen LogP) is 2.84. The minimum Gasteiger partial charge on any atom is -0.443 e. The number of nitrogens with two attached hydrogens (primary N) is 1. The van der Waals surface area contributed by atoms with E-state index in [2.05, 4.69) is 5.43 Å². The summed E-state index contributed by atoms with van der Waals surface area (Å²) in [5.74, 6) is -3.80. The van der Waals surface area contributed by atoms with Crippen LogP contribution < -0.4 is 22.4 Å². The van der Waals surface area contributed by atoms with Crippen LogP contribution in [-0.4, -0.2) is 37.8 Å². The number of hydrazine groups is 1. The van der Waals surface area contributed by atoms with Gasteiger partial charge in [0.25, 0.3) is 11.5 Å². The minimum absolute atomic E-state index is 0.198. The third-order valence-electron chi connectivity index (χ3n) is 5.81. The Balaban J connectivity index is 1.74. The number of hydrogen-bond donors (Lipinski definition) is 2. The van der Waals surface area contributed by atoms with E-state index in [9.17, 15) is 28.0 Å². The number of thiophene rings is 1. The molecule has 0 aliphatic heterocycles. The lowest BCUT2D eigenvalue weighted by molar-refractivity contribution is 0.0376. The van der Waals surface area contributed by atoms with Crippen LogP contribution in [0.25, 0.3) is 10.2 Å². The van der Waals surface area contributed by atoms with Crippen molar-refractivity contribution in [3.63, 3.8) is 0 Å². The molecule has 34 heavy (non-hydrogen) atoms. The number of fused-ring (bicyclic) bond motifs is 1. The zero-order valence-corrected chi connectivity index (χ0v) is 20.1. The number of aromatic nitrogens is 2. The molecule has 1 unspecified atom stereocenters. The van der Waals surface area contributed by atoms with Crippen LogP contribution in [0, 0.1) is 12.8 Å². The molecule has 0 radical (unpaired) electrons. The van der Waals surface area contributed by atoms with Gasteiger partial charge in [-0.3, -0.25) is 13.9 Å². The summed E-state index contributed by atoms with van der Waals surface area (Å²) >= 11 is 1.04. The van der Waals surface area contributed by atoms with Crippen LogP contribution in [0.2, 0.25) is 0 Å². The van der Waals surface area contributed by atoms with Crippen LogP contribution in [0.15, 0.2) is 9.59 Å². The lowest BCUT2D eigenvalue weighted by Crippen LogP contribution is -2.49. The van der Waals surface area contributed by atoms with Gasteiger partial charge in [-0.15, -0.1) is 11.3 Å². The van der Waals surface area contributed by atoms with Crippen LogP contribution in [0.3, 0.4) is 0 Å². The van der Waals surface area contributed by atoms with Crippen molar-refractivity contribution in [1.82, 2.24) is 19.6 Å². The Hall–Kier alpha value is -2.96. The maximum Gasteiger partial charge on any atom is 0.426 e. The number of urea groups is 1. The summed E-state index contributed by atoms with van der Waals surface area (Å²) in [5, 5.41) is 1.08. The van der Waals surface area contributed by atoms with Gasteiger partial charge in [0, 0.05) is 29.8 Å². The molecule has 0 aromatic carbocycles. The molecule has 2 aromatic heterocycles. The molecule has 0 saturated heterocycles. The third-order valence-corrected chi connectivity index (χ3v) is 7.10. The summed E-state index contributed by atoms with van der Waals surface area (Å²) < 4.78 is 34.9. The Kier molecular flexibility index (Phi) is 5.74. The maximum absolute atomic E-state index is 13.7. The van der Waals surface area contributed by atoms with Crippen LogP contribution in [-0.2, 0) is 17.8 Å². The summed E-state index contributed by atoms with van der Waals surface area (Å²) in [6.07, 6.45) is 0.140. The van der Waals surface area contributed by atoms with Gasteiger partial charge in [0.1, 0.15) is 10.4 Å². The molecule has 1 atom stereocenters. The lowest BCUT2D eigenvalue weighted by Gasteiger charge is -2.24. The predicted molar refractivity (Wildman–Crippen MR) is 121 cm³/mol. The molecule has 10 nitrogen and oxygen atoms in total. The van der Waals surface area contributed by atoms with E-state index in [1.165, 1.54) is 4.57 Å². The standard InChI is InChI=1S/C21H27F2N5O5S/c1-10-13(9-27(17(24)30)25-18(31)33-20(2,3)4)34-16-14(10)15(29)28(12-5-6-12)19(32)26(16)8-11-7-21(11,22)23/h11-12H,5-9H2,1-4H3,(H2,24,30)(H,25,31). The largest absolute Gasteiger partial charge is 0.443 e. The Bertz CT molecular complexity index is 1290. The highest BCUT2D eigenvalue weighted by atomic mass is 32.1. The zero-order valence-electron chi connectivity index (χ0n) is 19.3. The highest BCUT2D eigenvalue weighted by Gasteiger charge is 2.57. The highest BCUT2D eigenvalue weighted by molar-refractivity contribution is 7.18. The Morgan fingerprint density at radius 3 is 2.41 bits per heavy atom. The van der Waals surface area contributed by atoms with Crippen molar-refractivity contribution in [2.75, 3.05) is 0 Å². The number of ether oxygens (including phenoxy) is 1. The molecule has 2 aromatic rings. The van der Waals surface area contributed by atoms with Crippen LogP contribution in [0.1, 0.15) is 56.5 Å². The first-order valence-corrected chi connectivity index (χ1v) is 11.7. The molecule has 0 spiro atoms. The lowest BCUT2D eigenvalue weighted by atomic mass is 10.2. The van der Waals surface area contributed by atoms with Gasteiger partial charge in [0.05, 0.1) is 11.9 Å². The number of halogens is 2. The van der Waals surface area contributed by atoms with Gasteiger partial charge in [0.2, 0.25) is 0 Å². The minimum atomic E-state index is -2.83. The number of nitrogens with zero attached hydrogens (tertiary/aromatic N) is 3. The molecule has 2 saturated carbocycles. The normalized spacial score (nSPS) is 19.2. The second kappa shape index (κ2) is 8.07. The summed E-state index contributed by atoms with van der Waals surface area (Å²) in [4.78, 5) is 51.2. The molecule has 2 aliphatic carbocycles. The number of nitrogens with one attached hydrogen (secondary N) is 1. The van der Waals surface area contributed by atoms with Crippen molar-refractivity contribution in [3.05, 3.63) is 31.3 Å². The summed E-state index contributed by atoms with van der Waals surface area (Å²) in [7, 11) is 0. The van der Waals surface area contributed by atoms with E-state index < -0.39 is 40.8 Å². The van der Waals surface area contributed by atoms with Gasteiger partial charge in [-0.2, -0.15) is 0 Å². The van der Waals surface area contributed by atoms with Gasteiger partial charge in [-0.25, -0.2) is 33.6 Å². The van der Waals surface area contributed by atoms with E-state index >= 15 is 0 Å². The van der Waals surface area contributed by atoms with E-state index in [1.807, 2.05) is 0 Å². The van der Waals surface area contributed by atoms with Crippen molar-refractivity contribution in [3.8, 4) is 0 Å². The first kappa shape index (κ1) is 24.2. The van der Waals surface area contributed by atoms with Crippen molar-refractivity contribution in [2.24, 2.45) is 11.7 Å². The highest BCUT2D eigenvalue weighted by Crippen LogP contribution is 2.49. The SMILES string of the molecule is Cc1c(CN(NC(=O)OC(C)(C)C)C(N)=O)sc2c1c(=O)n(C1CC1)c(=O)n2CC1CC1(F)F. The number of aryl methyl sites for hydroxylation is 1. The van der Waals surface area contributed by atoms with Crippen molar-refractivity contribution >= 4 is 33.7 Å². The van der Waals surface area contributed by atoms with Gasteiger partial charge < -0.3 is 10.5 Å². The van der Waals surface area contributed by atoms with Gasteiger partial charge >= 0.3 is 17.8 Å². The third kappa shape index (κ3) is 4.65. The molecule has 13 heteroatoms. The average Bonchev–Trinajstić information content (AvgIpc) is 3.58. The summed E-state index contributed by atoms with van der Waals surface area (Å²) in [6, 6.07) is -1.21. The van der Waals surface area contributed by atoms with Crippen LogP contribution >= 0.6 is 11.3 Å². The van der Waals surface area contributed by atoms with Gasteiger partial charge in [0.15, 0.2) is 0 Å². The Morgan fingerprint density at radius 1 is 1.29 bits per heavy atom. The molecule has 2 aliphatic rings. The summed E-state index contributed by atoms with van der Waals surface area (Å²) in [6.45, 7) is 6.22. The molecular weight excluding hydrogens is 472 g/mol. The molecular formula is C21H27F2N5O5S. The number of rotatable bonds is 5. The molecule has 3 N–H and O–H groups in total. The van der Waals surface area contributed by atoms with Crippen LogP contribution in [0.5, 0.6) is 0 Å². The second-order valence-corrected chi connectivity index (χ2v) is 10.9. The Labute approximate surface area is 197 Å². The quantitative estimate of drug-likeness (QED) is 0.612. The van der Waals surface area contributed by atoms with Gasteiger partial charge in [-0.05, 0) is 46.1 Å². The molecule has 3 amide bonds. The number of hydrogen-bond acceptors (Lipinski definition) is 6. The number of carbonyl (C=O) groups is 2. The van der Waals surface area contributed by atoms with E-state index in [1.54, 1.807) is 27.7 Å². The maximum atomic E-state index is 13.7. The van der Waals surface area contributed by atoms with Crippen molar-refractivity contribution in [2.45, 2.75) is 77.6 Å². The molecule has 186 valence electrons. The molecule has 4 rings (SSSR count). The fraction of sp³-hybridized carbons (Fsp3) is 0.619. The topological polar surface area (TPSA) is 129 Å². The second-order valence-electron chi connectivity index (χ2n) is 9.83. The first-order valence-electron chi connectivity index (χ1n) is 10.9. The van der Waals surface area contributed by atoms with Gasteiger partial charge in [-0.1, -0.05) is 0 Å². The smallest absolute Gasteiger partial charge is 0.426 e. The van der Waals surface area contributed by atoms with Crippen molar-refractivity contribution in [1.29, 1.82) is 0 Å². The van der Waals surface area contributed by atoms with Crippen molar-refractivity contribution < 1.29 is 23.1 Å².